The SMILES string of the molecule is Cc1ccc(C(=O)CN(C(=O)c2ccccc2Cl)N2C(=O)[C@@H]3[C@H](C)C=CC[C@H]3C2=O)cc1C. The number of carbonyl (C=O) groups is 4. The first-order chi connectivity index (χ1) is 15.7. The Labute approximate surface area is 197 Å². The van der Waals surface area contributed by atoms with Gasteiger partial charge in [0, 0.05) is 5.56 Å². The maximum Gasteiger partial charge on any atom is 0.274 e. The molecule has 2 aromatic rings. The Kier molecular flexibility index (Phi) is 6.21. The molecule has 0 spiro atoms. The average molecular weight is 465 g/mol. The van der Waals surface area contributed by atoms with E-state index < -0.39 is 36.1 Å². The van der Waals surface area contributed by atoms with Crippen molar-refractivity contribution in [1.82, 2.24) is 10.0 Å². The Hall–Kier alpha value is -3.25. The summed E-state index contributed by atoms with van der Waals surface area (Å²) in [5, 5.41) is 2.02. The molecule has 0 N–H and O–H groups in total. The van der Waals surface area contributed by atoms with Gasteiger partial charge in [-0.15, -0.1) is 0 Å². The van der Waals surface area contributed by atoms with Crippen molar-refractivity contribution in [2.45, 2.75) is 27.2 Å². The van der Waals surface area contributed by atoms with Crippen LogP contribution in [0.3, 0.4) is 0 Å². The van der Waals surface area contributed by atoms with Crippen LogP contribution in [0.2, 0.25) is 5.02 Å². The van der Waals surface area contributed by atoms with E-state index in [0.29, 0.717) is 12.0 Å². The van der Waals surface area contributed by atoms with Gasteiger partial charge in [0.1, 0.15) is 6.54 Å². The summed E-state index contributed by atoms with van der Waals surface area (Å²) in [7, 11) is 0. The lowest BCUT2D eigenvalue weighted by Crippen LogP contribution is -2.52. The third kappa shape index (κ3) is 4.11. The molecule has 0 bridgehead atoms. The van der Waals surface area contributed by atoms with Crippen LogP contribution >= 0.6 is 11.6 Å². The van der Waals surface area contributed by atoms with E-state index in [1.54, 1.807) is 30.3 Å². The minimum Gasteiger partial charge on any atom is -0.292 e. The molecule has 170 valence electrons. The lowest BCUT2D eigenvalue weighted by molar-refractivity contribution is -0.154. The molecule has 2 aliphatic rings. The summed E-state index contributed by atoms with van der Waals surface area (Å²) >= 11 is 6.25. The number of fused-ring (bicyclic) bond motifs is 1. The summed E-state index contributed by atoms with van der Waals surface area (Å²) < 4.78 is 0. The standard InChI is InChI=1S/C26H25ClN2O4/c1-15-11-12-18(13-17(15)3)22(30)14-28(24(31)19-8-4-5-10-21(19)27)29-25(32)20-9-6-7-16(2)23(20)26(29)33/h4-8,10-13,16,20,23H,9,14H2,1-3H3/t16-,20-,23-/m1/s1. The normalized spacial score (nSPS) is 21.8. The number of benzene rings is 2. The van der Waals surface area contributed by atoms with Gasteiger partial charge in [-0.05, 0) is 55.5 Å². The average Bonchev–Trinajstić information content (AvgIpc) is 3.04. The fourth-order valence-electron chi connectivity index (χ4n) is 4.52. The third-order valence-corrected chi connectivity index (χ3v) is 6.88. The molecule has 0 unspecified atom stereocenters. The Bertz CT molecular complexity index is 1190. The second-order valence-corrected chi connectivity index (χ2v) is 9.12. The molecule has 2 aromatic carbocycles. The molecule has 0 saturated carbocycles. The number of allylic oxidation sites excluding steroid dienone is 2. The molecule has 0 radical (unpaired) electrons. The van der Waals surface area contributed by atoms with E-state index in [0.717, 1.165) is 21.1 Å². The zero-order valence-electron chi connectivity index (χ0n) is 18.7. The first-order valence-corrected chi connectivity index (χ1v) is 11.3. The van der Waals surface area contributed by atoms with Crippen molar-refractivity contribution in [2.24, 2.45) is 17.8 Å². The maximum absolute atomic E-state index is 13.5. The topological polar surface area (TPSA) is 74.8 Å². The van der Waals surface area contributed by atoms with Crippen molar-refractivity contribution >= 4 is 35.1 Å². The highest BCUT2D eigenvalue weighted by molar-refractivity contribution is 6.34. The van der Waals surface area contributed by atoms with Crippen LogP contribution in [0.5, 0.6) is 0 Å². The lowest BCUT2D eigenvalue weighted by atomic mass is 9.78. The molecule has 3 atom stereocenters. The van der Waals surface area contributed by atoms with Crippen molar-refractivity contribution in [3.63, 3.8) is 0 Å². The number of Topliss-reactive ketones (excluding diaryl/α,β-unsaturated/α-hetero) is 1. The van der Waals surface area contributed by atoms with Crippen molar-refractivity contribution < 1.29 is 19.2 Å². The van der Waals surface area contributed by atoms with E-state index in [1.165, 1.54) is 6.07 Å². The molecule has 1 aliphatic carbocycles. The third-order valence-electron chi connectivity index (χ3n) is 6.55. The van der Waals surface area contributed by atoms with Gasteiger partial charge in [0.25, 0.3) is 17.7 Å². The highest BCUT2D eigenvalue weighted by atomic mass is 35.5. The van der Waals surface area contributed by atoms with E-state index in [1.807, 2.05) is 39.0 Å². The van der Waals surface area contributed by atoms with Crippen molar-refractivity contribution in [1.29, 1.82) is 0 Å². The largest absolute Gasteiger partial charge is 0.292 e. The second kappa shape index (κ2) is 8.94. The van der Waals surface area contributed by atoms with Crippen molar-refractivity contribution in [2.75, 3.05) is 6.54 Å². The second-order valence-electron chi connectivity index (χ2n) is 8.71. The van der Waals surface area contributed by atoms with Crippen LogP contribution in [0.4, 0.5) is 0 Å². The summed E-state index contributed by atoms with van der Waals surface area (Å²) in [4.78, 5) is 53.4. The van der Waals surface area contributed by atoms with E-state index in [4.69, 9.17) is 11.6 Å². The summed E-state index contributed by atoms with van der Waals surface area (Å²) in [6, 6.07) is 11.6. The molecule has 7 heteroatoms. The van der Waals surface area contributed by atoms with E-state index >= 15 is 0 Å². The minimum atomic E-state index is -0.668. The molecule has 33 heavy (non-hydrogen) atoms. The van der Waals surface area contributed by atoms with Crippen molar-refractivity contribution in [3.05, 3.63) is 81.9 Å². The number of amides is 3. The summed E-state index contributed by atoms with van der Waals surface area (Å²) in [5.41, 5.74) is 2.49. The fourth-order valence-corrected chi connectivity index (χ4v) is 4.73. The monoisotopic (exact) mass is 464 g/mol. The molecule has 4 rings (SSSR count). The van der Waals surface area contributed by atoms with E-state index in [2.05, 4.69) is 0 Å². The Morgan fingerprint density at radius 1 is 1.06 bits per heavy atom. The Morgan fingerprint density at radius 2 is 1.79 bits per heavy atom. The molecular weight excluding hydrogens is 440 g/mol. The fraction of sp³-hybridized carbons (Fsp3) is 0.308. The molecule has 1 saturated heterocycles. The first-order valence-electron chi connectivity index (χ1n) is 10.9. The zero-order valence-corrected chi connectivity index (χ0v) is 19.5. The first kappa shape index (κ1) is 22.9. The van der Waals surface area contributed by atoms with Crippen LogP contribution in [0.15, 0.2) is 54.6 Å². The quantitative estimate of drug-likeness (QED) is 0.373. The number of ketones is 1. The van der Waals surface area contributed by atoms with Crippen LogP contribution in [0.25, 0.3) is 0 Å². The highest BCUT2D eigenvalue weighted by Gasteiger charge is 2.53. The van der Waals surface area contributed by atoms with Gasteiger partial charge in [-0.1, -0.05) is 54.9 Å². The van der Waals surface area contributed by atoms with Gasteiger partial charge < -0.3 is 0 Å². The molecule has 1 aliphatic heterocycles. The van der Waals surface area contributed by atoms with Gasteiger partial charge in [-0.2, -0.15) is 5.01 Å². The molecule has 1 heterocycles. The Morgan fingerprint density at radius 3 is 2.45 bits per heavy atom. The van der Waals surface area contributed by atoms with Crippen LogP contribution < -0.4 is 0 Å². The summed E-state index contributed by atoms with van der Waals surface area (Å²) in [5.74, 6) is -3.21. The number of hydrazine groups is 1. The predicted octanol–water partition coefficient (Wildman–Crippen LogP) is 4.39. The number of rotatable bonds is 5. The number of halogens is 1. The number of nitrogens with zero attached hydrogens (tertiary/aromatic N) is 2. The molecular formula is C26H25ClN2O4. The van der Waals surface area contributed by atoms with Crippen LogP contribution in [-0.2, 0) is 9.59 Å². The number of hydrogen-bond acceptors (Lipinski definition) is 4. The van der Waals surface area contributed by atoms with Crippen LogP contribution in [-0.4, -0.2) is 40.1 Å². The van der Waals surface area contributed by atoms with Gasteiger partial charge in [0.05, 0.1) is 22.4 Å². The molecule has 6 nitrogen and oxygen atoms in total. The van der Waals surface area contributed by atoms with E-state index in [-0.39, 0.29) is 22.3 Å². The molecule has 1 fully saturated rings. The Balaban J connectivity index is 1.73. The summed E-state index contributed by atoms with van der Waals surface area (Å²) in [6.45, 7) is 5.26. The van der Waals surface area contributed by atoms with Gasteiger partial charge in [-0.25, -0.2) is 5.01 Å². The smallest absolute Gasteiger partial charge is 0.274 e. The highest BCUT2D eigenvalue weighted by Crippen LogP contribution is 2.39. The van der Waals surface area contributed by atoms with E-state index in [9.17, 15) is 19.2 Å². The van der Waals surface area contributed by atoms with Crippen LogP contribution in [0.1, 0.15) is 45.2 Å². The number of imide groups is 1. The lowest BCUT2D eigenvalue weighted by Gasteiger charge is -2.30. The van der Waals surface area contributed by atoms with Gasteiger partial charge in [0.2, 0.25) is 0 Å². The maximum atomic E-state index is 13.5. The zero-order chi connectivity index (χ0) is 23.9. The van der Waals surface area contributed by atoms with Crippen LogP contribution in [0, 0.1) is 31.6 Å². The van der Waals surface area contributed by atoms with Gasteiger partial charge >= 0.3 is 0 Å². The molecule has 3 amide bonds. The van der Waals surface area contributed by atoms with Gasteiger partial charge in [-0.3, -0.25) is 19.2 Å². The molecule has 0 aromatic heterocycles. The number of carbonyl (C=O) groups excluding carboxylic acids is 4. The summed E-state index contributed by atoms with van der Waals surface area (Å²) in [6.07, 6.45) is 4.23. The minimum absolute atomic E-state index is 0.119. The predicted molar refractivity (Wildman–Crippen MR) is 124 cm³/mol. The van der Waals surface area contributed by atoms with Gasteiger partial charge in [0.15, 0.2) is 5.78 Å². The number of aryl methyl sites for hydroxylation is 2. The van der Waals surface area contributed by atoms with Crippen molar-refractivity contribution in [3.8, 4) is 0 Å². The number of hydrogen-bond donors (Lipinski definition) is 0.